The molecular formula is C21H24N2O3. The van der Waals surface area contributed by atoms with Crippen LogP contribution in [0.2, 0.25) is 0 Å². The maximum atomic E-state index is 12.6. The van der Waals surface area contributed by atoms with Crippen molar-refractivity contribution in [2.75, 3.05) is 23.4 Å². The van der Waals surface area contributed by atoms with Crippen molar-refractivity contribution >= 4 is 23.2 Å². The van der Waals surface area contributed by atoms with Crippen molar-refractivity contribution < 1.29 is 14.3 Å². The van der Waals surface area contributed by atoms with E-state index in [0.29, 0.717) is 18.9 Å². The number of carbonyl (C=O) groups is 2. The Hall–Kier alpha value is -2.82. The van der Waals surface area contributed by atoms with Gasteiger partial charge in [0.25, 0.3) is 0 Å². The Bertz CT molecular complexity index is 832. The molecule has 0 spiro atoms. The number of hydrogen-bond donors (Lipinski definition) is 1. The summed E-state index contributed by atoms with van der Waals surface area (Å²) in [6.45, 7) is 6.83. The molecule has 1 N–H and O–H groups in total. The molecule has 0 radical (unpaired) electrons. The van der Waals surface area contributed by atoms with Gasteiger partial charge in [-0.05, 0) is 56.2 Å². The molecule has 2 aromatic carbocycles. The smallest absolute Gasteiger partial charge is 0.229 e. The number of anilines is 2. The molecule has 2 amide bonds. The van der Waals surface area contributed by atoms with E-state index in [0.717, 1.165) is 16.9 Å². The first-order chi connectivity index (χ1) is 12.5. The summed E-state index contributed by atoms with van der Waals surface area (Å²) >= 11 is 0. The van der Waals surface area contributed by atoms with E-state index >= 15 is 0 Å². The molecule has 136 valence electrons. The number of rotatable bonds is 5. The van der Waals surface area contributed by atoms with Crippen LogP contribution in [0.25, 0.3) is 0 Å². The molecule has 1 atom stereocenters. The van der Waals surface area contributed by atoms with Crippen molar-refractivity contribution in [3.8, 4) is 5.75 Å². The molecule has 1 fully saturated rings. The zero-order valence-electron chi connectivity index (χ0n) is 15.4. The number of ether oxygens (including phenoxy) is 1. The molecule has 1 saturated heterocycles. The van der Waals surface area contributed by atoms with E-state index in [1.54, 1.807) is 4.90 Å². The largest absolute Gasteiger partial charge is 0.492 e. The fourth-order valence-corrected chi connectivity index (χ4v) is 3.14. The van der Waals surface area contributed by atoms with Crippen molar-refractivity contribution in [2.24, 2.45) is 5.92 Å². The van der Waals surface area contributed by atoms with E-state index in [9.17, 15) is 9.59 Å². The summed E-state index contributed by atoms with van der Waals surface area (Å²) in [4.78, 5) is 26.8. The summed E-state index contributed by atoms with van der Waals surface area (Å²) in [6, 6.07) is 13.3. The van der Waals surface area contributed by atoms with Crippen molar-refractivity contribution in [1.29, 1.82) is 0 Å². The van der Waals surface area contributed by atoms with E-state index in [1.165, 1.54) is 5.56 Å². The maximum absolute atomic E-state index is 12.6. The Morgan fingerprint density at radius 3 is 2.69 bits per heavy atom. The third-order valence-corrected chi connectivity index (χ3v) is 4.73. The Morgan fingerprint density at radius 1 is 1.19 bits per heavy atom. The first-order valence-electron chi connectivity index (χ1n) is 8.90. The number of carbonyl (C=O) groups excluding carboxylic acids is 2. The van der Waals surface area contributed by atoms with Gasteiger partial charge in [-0.1, -0.05) is 18.2 Å². The normalized spacial score (nSPS) is 16.7. The van der Waals surface area contributed by atoms with Crippen molar-refractivity contribution in [3.63, 3.8) is 0 Å². The molecule has 0 bridgehead atoms. The summed E-state index contributed by atoms with van der Waals surface area (Å²) in [5.74, 6) is 0.104. The van der Waals surface area contributed by atoms with Crippen LogP contribution in [0.4, 0.5) is 11.4 Å². The Kier molecular flexibility index (Phi) is 5.26. The van der Waals surface area contributed by atoms with Gasteiger partial charge in [-0.15, -0.1) is 0 Å². The summed E-state index contributed by atoms with van der Waals surface area (Å²) in [7, 11) is 0. The highest BCUT2D eigenvalue weighted by Gasteiger charge is 2.36. The van der Waals surface area contributed by atoms with Gasteiger partial charge in [0.05, 0.1) is 18.2 Å². The molecular weight excluding hydrogens is 328 g/mol. The first-order valence-corrected chi connectivity index (χ1v) is 8.90. The zero-order valence-corrected chi connectivity index (χ0v) is 15.4. The van der Waals surface area contributed by atoms with Gasteiger partial charge in [-0.3, -0.25) is 9.59 Å². The lowest BCUT2D eigenvalue weighted by Gasteiger charge is -2.20. The number of amides is 2. The molecule has 0 aromatic heterocycles. The third-order valence-electron chi connectivity index (χ3n) is 4.73. The van der Waals surface area contributed by atoms with Crippen LogP contribution in [0.1, 0.15) is 24.5 Å². The number of hydrogen-bond acceptors (Lipinski definition) is 3. The molecule has 1 aliphatic heterocycles. The lowest BCUT2D eigenvalue weighted by atomic mass is 10.1. The monoisotopic (exact) mass is 352 g/mol. The minimum absolute atomic E-state index is 0.0580. The molecule has 0 saturated carbocycles. The summed E-state index contributed by atoms with van der Waals surface area (Å²) in [5, 5.41) is 2.94. The lowest BCUT2D eigenvalue weighted by molar-refractivity contribution is -0.122. The van der Waals surface area contributed by atoms with Crippen LogP contribution in [0.3, 0.4) is 0 Å². The standard InChI is InChI=1S/C21H24N2O3/c1-4-26-19-8-6-5-7-18(19)23-13-16(12-20(23)24)21(25)22-17-10-9-14(2)15(3)11-17/h5-11,16H,4,12-13H2,1-3H3,(H,22,25)/t16-/m0/s1. The molecule has 3 rings (SSSR count). The van der Waals surface area contributed by atoms with Gasteiger partial charge in [0.2, 0.25) is 11.8 Å². The minimum atomic E-state index is -0.376. The van der Waals surface area contributed by atoms with Crippen LogP contribution >= 0.6 is 0 Å². The van der Waals surface area contributed by atoms with E-state index in [2.05, 4.69) is 5.32 Å². The predicted octanol–water partition coefficient (Wildman–Crippen LogP) is 3.69. The highest BCUT2D eigenvalue weighted by Crippen LogP contribution is 2.33. The van der Waals surface area contributed by atoms with Gasteiger partial charge in [0, 0.05) is 18.7 Å². The minimum Gasteiger partial charge on any atom is -0.492 e. The Balaban J connectivity index is 1.73. The van der Waals surface area contributed by atoms with Crippen LogP contribution in [0.5, 0.6) is 5.75 Å². The average Bonchev–Trinajstić information content (AvgIpc) is 3.01. The van der Waals surface area contributed by atoms with Gasteiger partial charge in [0.15, 0.2) is 0 Å². The molecule has 1 aliphatic rings. The number of benzene rings is 2. The summed E-state index contributed by atoms with van der Waals surface area (Å²) in [6.07, 6.45) is 0.205. The van der Waals surface area contributed by atoms with E-state index in [1.807, 2.05) is 63.2 Å². The number of nitrogens with one attached hydrogen (secondary N) is 1. The van der Waals surface area contributed by atoms with Crippen LogP contribution in [-0.4, -0.2) is 25.0 Å². The van der Waals surface area contributed by atoms with Crippen LogP contribution < -0.4 is 15.0 Å². The van der Waals surface area contributed by atoms with Crippen molar-refractivity contribution in [3.05, 3.63) is 53.6 Å². The van der Waals surface area contributed by atoms with E-state index in [4.69, 9.17) is 4.74 Å². The van der Waals surface area contributed by atoms with Crippen LogP contribution in [-0.2, 0) is 9.59 Å². The fourth-order valence-electron chi connectivity index (χ4n) is 3.14. The highest BCUT2D eigenvalue weighted by molar-refractivity contribution is 6.04. The van der Waals surface area contributed by atoms with Gasteiger partial charge in [-0.25, -0.2) is 0 Å². The van der Waals surface area contributed by atoms with Crippen LogP contribution in [0.15, 0.2) is 42.5 Å². The number of aryl methyl sites for hydroxylation is 2. The molecule has 5 heteroatoms. The molecule has 5 nitrogen and oxygen atoms in total. The van der Waals surface area contributed by atoms with Crippen molar-refractivity contribution in [1.82, 2.24) is 0 Å². The van der Waals surface area contributed by atoms with E-state index < -0.39 is 0 Å². The SMILES string of the molecule is CCOc1ccccc1N1C[C@@H](C(=O)Nc2ccc(C)c(C)c2)CC1=O. The third kappa shape index (κ3) is 3.72. The van der Waals surface area contributed by atoms with Gasteiger partial charge in [-0.2, -0.15) is 0 Å². The fraction of sp³-hybridized carbons (Fsp3) is 0.333. The van der Waals surface area contributed by atoms with Gasteiger partial charge < -0.3 is 15.0 Å². The van der Waals surface area contributed by atoms with Crippen LogP contribution in [0, 0.1) is 19.8 Å². The predicted molar refractivity (Wildman–Crippen MR) is 103 cm³/mol. The Morgan fingerprint density at radius 2 is 1.96 bits per heavy atom. The topological polar surface area (TPSA) is 58.6 Å². The Labute approximate surface area is 154 Å². The summed E-state index contributed by atoms with van der Waals surface area (Å²) in [5.41, 5.74) is 3.79. The van der Waals surface area contributed by atoms with E-state index in [-0.39, 0.29) is 24.2 Å². The average molecular weight is 352 g/mol. The van der Waals surface area contributed by atoms with Gasteiger partial charge >= 0.3 is 0 Å². The second-order valence-corrected chi connectivity index (χ2v) is 6.59. The van der Waals surface area contributed by atoms with Gasteiger partial charge in [0.1, 0.15) is 5.75 Å². The van der Waals surface area contributed by atoms with Crippen molar-refractivity contribution in [2.45, 2.75) is 27.2 Å². The zero-order chi connectivity index (χ0) is 18.7. The number of nitrogens with zero attached hydrogens (tertiary/aromatic N) is 1. The summed E-state index contributed by atoms with van der Waals surface area (Å²) < 4.78 is 5.62. The first kappa shape index (κ1) is 18.0. The highest BCUT2D eigenvalue weighted by atomic mass is 16.5. The lowest BCUT2D eigenvalue weighted by Crippen LogP contribution is -2.28. The molecule has 0 aliphatic carbocycles. The molecule has 0 unspecified atom stereocenters. The second-order valence-electron chi connectivity index (χ2n) is 6.59. The maximum Gasteiger partial charge on any atom is 0.229 e. The molecule has 1 heterocycles. The number of para-hydroxylation sites is 2. The molecule has 26 heavy (non-hydrogen) atoms. The quantitative estimate of drug-likeness (QED) is 0.893. The molecule has 2 aromatic rings. The second kappa shape index (κ2) is 7.60.